The van der Waals surface area contributed by atoms with Crippen molar-refractivity contribution in [3.8, 4) is 0 Å². The summed E-state index contributed by atoms with van der Waals surface area (Å²) in [4.78, 5) is 15.7. The molecule has 112 valence electrons. The molecule has 1 N–H and O–H groups in total. The number of hydrogen-bond donors (Lipinski definition) is 1. The van der Waals surface area contributed by atoms with Crippen LogP contribution in [0.25, 0.3) is 10.9 Å². The zero-order valence-electron chi connectivity index (χ0n) is 12.8. The number of esters is 1. The Morgan fingerprint density at radius 2 is 2.19 bits per heavy atom. The lowest BCUT2D eigenvalue weighted by Gasteiger charge is -2.28. The number of carbonyl (C=O) groups is 1. The average molecular weight is 285 g/mol. The first-order valence-corrected chi connectivity index (χ1v) is 7.99. The number of hydrogen-bond acceptors (Lipinski definition) is 2. The first-order chi connectivity index (χ1) is 10.2. The Morgan fingerprint density at radius 1 is 1.38 bits per heavy atom. The molecule has 1 aromatic carbocycles. The third kappa shape index (κ3) is 2.57. The predicted molar refractivity (Wildman–Crippen MR) is 84.2 cm³/mol. The lowest BCUT2D eigenvalue weighted by atomic mass is 9.78. The first kappa shape index (κ1) is 14.2. The van der Waals surface area contributed by atoms with Crippen LogP contribution in [-0.2, 0) is 22.4 Å². The van der Waals surface area contributed by atoms with Crippen molar-refractivity contribution >= 4 is 16.9 Å². The molecule has 0 bridgehead atoms. The van der Waals surface area contributed by atoms with E-state index in [0.717, 1.165) is 25.7 Å². The van der Waals surface area contributed by atoms with Crippen LogP contribution in [-0.4, -0.2) is 17.6 Å². The maximum Gasteiger partial charge on any atom is 0.309 e. The summed E-state index contributed by atoms with van der Waals surface area (Å²) in [5.74, 6) is 0.406. The molecule has 0 saturated heterocycles. The van der Waals surface area contributed by atoms with Crippen molar-refractivity contribution in [1.82, 2.24) is 4.98 Å². The van der Waals surface area contributed by atoms with Crippen LogP contribution >= 0.6 is 0 Å². The fourth-order valence-electron chi connectivity index (χ4n) is 3.69. The number of fused-ring (bicyclic) bond motifs is 3. The second-order valence-electron chi connectivity index (χ2n) is 5.90. The van der Waals surface area contributed by atoms with Gasteiger partial charge in [0, 0.05) is 16.6 Å². The summed E-state index contributed by atoms with van der Waals surface area (Å²) in [6, 6.07) is 8.48. The van der Waals surface area contributed by atoms with E-state index in [1.165, 1.54) is 22.2 Å². The van der Waals surface area contributed by atoms with E-state index in [2.05, 4.69) is 36.2 Å². The topological polar surface area (TPSA) is 42.1 Å². The highest BCUT2D eigenvalue weighted by Crippen LogP contribution is 2.35. The second-order valence-corrected chi connectivity index (χ2v) is 5.90. The van der Waals surface area contributed by atoms with Crippen molar-refractivity contribution in [2.75, 3.05) is 6.61 Å². The summed E-state index contributed by atoms with van der Waals surface area (Å²) in [6.45, 7) is 4.43. The lowest BCUT2D eigenvalue weighted by molar-refractivity contribution is -0.150. The third-order valence-electron chi connectivity index (χ3n) is 4.73. The summed E-state index contributed by atoms with van der Waals surface area (Å²) in [7, 11) is 0. The summed E-state index contributed by atoms with van der Waals surface area (Å²) < 4.78 is 5.25. The predicted octanol–water partition coefficient (Wildman–Crippen LogP) is 3.86. The van der Waals surface area contributed by atoms with Gasteiger partial charge in [0.15, 0.2) is 0 Å². The zero-order valence-corrected chi connectivity index (χ0v) is 12.8. The minimum Gasteiger partial charge on any atom is -0.466 e. The van der Waals surface area contributed by atoms with Crippen LogP contribution in [0.5, 0.6) is 0 Å². The van der Waals surface area contributed by atoms with Crippen molar-refractivity contribution in [2.45, 2.75) is 39.5 Å². The van der Waals surface area contributed by atoms with Gasteiger partial charge in [-0.05, 0) is 50.2 Å². The molecule has 3 heteroatoms. The monoisotopic (exact) mass is 285 g/mol. The maximum atomic E-state index is 12.1. The molecule has 1 heterocycles. The zero-order chi connectivity index (χ0) is 14.8. The van der Waals surface area contributed by atoms with E-state index in [1.54, 1.807) is 0 Å². The fourth-order valence-corrected chi connectivity index (χ4v) is 3.69. The van der Waals surface area contributed by atoms with E-state index in [1.807, 2.05) is 6.92 Å². The van der Waals surface area contributed by atoms with Crippen molar-refractivity contribution in [3.63, 3.8) is 0 Å². The molecule has 1 aliphatic rings. The van der Waals surface area contributed by atoms with Gasteiger partial charge >= 0.3 is 5.97 Å². The van der Waals surface area contributed by atoms with Gasteiger partial charge in [0.25, 0.3) is 0 Å². The van der Waals surface area contributed by atoms with Crippen molar-refractivity contribution in [2.24, 2.45) is 11.8 Å². The molecule has 0 fully saturated rings. The summed E-state index contributed by atoms with van der Waals surface area (Å²) in [5, 5.41) is 1.34. The molecule has 0 radical (unpaired) electrons. The number of carbonyl (C=O) groups excluding carboxylic acids is 1. The normalized spacial score (nSPS) is 19.2. The third-order valence-corrected chi connectivity index (χ3v) is 4.73. The van der Waals surface area contributed by atoms with Gasteiger partial charge in [-0.25, -0.2) is 0 Å². The molecular weight excluding hydrogens is 262 g/mol. The van der Waals surface area contributed by atoms with Crippen molar-refractivity contribution < 1.29 is 9.53 Å². The number of aromatic nitrogens is 1. The van der Waals surface area contributed by atoms with Crippen LogP contribution in [0.1, 0.15) is 37.9 Å². The van der Waals surface area contributed by atoms with E-state index in [4.69, 9.17) is 4.74 Å². The molecule has 0 spiro atoms. The van der Waals surface area contributed by atoms with Crippen molar-refractivity contribution in [3.05, 3.63) is 35.5 Å². The first-order valence-electron chi connectivity index (χ1n) is 7.99. The highest BCUT2D eigenvalue weighted by molar-refractivity contribution is 5.85. The molecular formula is C18H23NO2. The number of aryl methyl sites for hydroxylation is 1. The van der Waals surface area contributed by atoms with Gasteiger partial charge in [0.05, 0.1) is 12.5 Å². The van der Waals surface area contributed by atoms with Crippen LogP contribution in [0.15, 0.2) is 24.3 Å². The molecule has 21 heavy (non-hydrogen) atoms. The maximum absolute atomic E-state index is 12.1. The number of para-hydroxylation sites is 1. The fraction of sp³-hybridized carbons (Fsp3) is 0.500. The largest absolute Gasteiger partial charge is 0.466 e. The SMILES string of the molecule is CCOC(=O)C(CC)C1CCc2c([nH]c3ccccc23)C1. The Kier molecular flexibility index (Phi) is 4.00. The average Bonchev–Trinajstić information content (AvgIpc) is 2.86. The highest BCUT2D eigenvalue weighted by atomic mass is 16.5. The Balaban J connectivity index is 1.85. The second kappa shape index (κ2) is 5.92. The van der Waals surface area contributed by atoms with Crippen LogP contribution < -0.4 is 0 Å². The van der Waals surface area contributed by atoms with Crippen LogP contribution in [0.2, 0.25) is 0 Å². The molecule has 3 rings (SSSR count). The Bertz CT molecular complexity index is 644. The highest BCUT2D eigenvalue weighted by Gasteiger charge is 2.32. The summed E-state index contributed by atoms with van der Waals surface area (Å²) in [5.41, 5.74) is 3.98. The summed E-state index contributed by atoms with van der Waals surface area (Å²) in [6.07, 6.45) is 3.95. The number of benzene rings is 1. The molecule has 2 atom stereocenters. The number of H-pyrrole nitrogens is 1. The van der Waals surface area contributed by atoms with E-state index in [0.29, 0.717) is 12.5 Å². The van der Waals surface area contributed by atoms with Gasteiger partial charge in [0.1, 0.15) is 0 Å². The molecule has 0 amide bonds. The molecule has 1 aromatic heterocycles. The van der Waals surface area contributed by atoms with Gasteiger partial charge in [-0.2, -0.15) is 0 Å². The van der Waals surface area contributed by atoms with Crippen LogP contribution in [0.4, 0.5) is 0 Å². The Hall–Kier alpha value is -1.77. The van der Waals surface area contributed by atoms with Crippen LogP contribution in [0.3, 0.4) is 0 Å². The van der Waals surface area contributed by atoms with E-state index in [9.17, 15) is 4.79 Å². The number of aromatic amines is 1. The molecule has 0 saturated carbocycles. The minimum atomic E-state index is -0.0236. The van der Waals surface area contributed by atoms with Crippen molar-refractivity contribution in [1.29, 1.82) is 0 Å². The lowest BCUT2D eigenvalue weighted by Crippen LogP contribution is -2.29. The van der Waals surface area contributed by atoms with Gasteiger partial charge in [-0.1, -0.05) is 25.1 Å². The van der Waals surface area contributed by atoms with Crippen LogP contribution in [0, 0.1) is 11.8 Å². The molecule has 1 aliphatic carbocycles. The molecule has 2 aromatic rings. The van der Waals surface area contributed by atoms with Gasteiger partial charge in [0.2, 0.25) is 0 Å². The Morgan fingerprint density at radius 3 is 2.95 bits per heavy atom. The standard InChI is InChI=1S/C18H23NO2/c1-3-13(18(20)21-4-2)12-9-10-15-14-7-5-6-8-16(14)19-17(15)11-12/h5-8,12-13,19H,3-4,9-11H2,1-2H3. The van der Waals surface area contributed by atoms with Gasteiger partial charge in [-0.15, -0.1) is 0 Å². The van der Waals surface area contributed by atoms with E-state index >= 15 is 0 Å². The Labute approximate surface area is 125 Å². The molecule has 2 unspecified atom stereocenters. The smallest absolute Gasteiger partial charge is 0.309 e. The summed E-state index contributed by atoms with van der Waals surface area (Å²) >= 11 is 0. The van der Waals surface area contributed by atoms with Gasteiger partial charge in [-0.3, -0.25) is 4.79 Å². The number of nitrogens with one attached hydrogen (secondary N) is 1. The number of rotatable bonds is 4. The number of ether oxygens (including phenoxy) is 1. The molecule has 3 nitrogen and oxygen atoms in total. The minimum absolute atomic E-state index is 0.0236. The van der Waals surface area contributed by atoms with E-state index in [-0.39, 0.29) is 11.9 Å². The van der Waals surface area contributed by atoms with E-state index < -0.39 is 0 Å². The molecule has 0 aliphatic heterocycles. The van der Waals surface area contributed by atoms with Gasteiger partial charge < -0.3 is 9.72 Å². The quantitative estimate of drug-likeness (QED) is 0.867.